The minimum absolute atomic E-state index is 0.113. The lowest BCUT2D eigenvalue weighted by molar-refractivity contribution is 0.0694. The second-order valence-corrected chi connectivity index (χ2v) is 4.04. The Balaban J connectivity index is 2.65. The van der Waals surface area contributed by atoms with Crippen molar-refractivity contribution in [3.8, 4) is 16.9 Å². The zero-order valence-electron chi connectivity index (χ0n) is 9.02. The molecule has 0 spiro atoms. The fourth-order valence-corrected chi connectivity index (χ4v) is 1.91. The number of carboxylic acid groups (broad SMARTS) is 1. The van der Waals surface area contributed by atoms with E-state index >= 15 is 0 Å². The zero-order valence-corrected chi connectivity index (χ0v) is 9.78. The molecule has 18 heavy (non-hydrogen) atoms. The summed E-state index contributed by atoms with van der Waals surface area (Å²) >= 11 is 5.89. The van der Waals surface area contributed by atoms with Gasteiger partial charge in [0.15, 0.2) is 0 Å². The predicted molar refractivity (Wildman–Crippen MR) is 65.5 cm³/mol. The molecule has 0 bridgehead atoms. The van der Waals surface area contributed by atoms with Gasteiger partial charge in [0.2, 0.25) is 0 Å². The van der Waals surface area contributed by atoms with Crippen molar-refractivity contribution in [1.29, 1.82) is 0 Å². The molecule has 0 radical (unpaired) electrons. The molecule has 0 atom stereocenters. The Bertz CT molecular complexity index is 605. The topological polar surface area (TPSA) is 57.5 Å². The maximum absolute atomic E-state index is 13.7. The minimum Gasteiger partial charge on any atom is -0.507 e. The molecule has 5 heteroatoms. The predicted octanol–water partition coefficient (Wildman–Crippen LogP) is 3.55. The summed E-state index contributed by atoms with van der Waals surface area (Å²) in [6.45, 7) is 0. The van der Waals surface area contributed by atoms with Gasteiger partial charge >= 0.3 is 5.97 Å². The zero-order chi connectivity index (χ0) is 13.3. The largest absolute Gasteiger partial charge is 0.507 e. The number of hydrogen-bond acceptors (Lipinski definition) is 2. The summed E-state index contributed by atoms with van der Waals surface area (Å²) in [5, 5.41) is 18.4. The third-order valence-electron chi connectivity index (χ3n) is 2.48. The number of rotatable bonds is 2. The molecule has 0 heterocycles. The minimum atomic E-state index is -1.29. The molecule has 0 amide bonds. The number of hydrogen-bond donors (Lipinski definition) is 2. The summed E-state index contributed by atoms with van der Waals surface area (Å²) < 4.78 is 13.7. The first-order valence-electron chi connectivity index (χ1n) is 5.01. The van der Waals surface area contributed by atoms with Crippen LogP contribution in [0.4, 0.5) is 4.39 Å². The second-order valence-electron chi connectivity index (χ2n) is 3.63. The quantitative estimate of drug-likeness (QED) is 0.874. The van der Waals surface area contributed by atoms with Crippen LogP contribution in [0.25, 0.3) is 11.1 Å². The van der Waals surface area contributed by atoms with E-state index in [4.69, 9.17) is 16.7 Å². The van der Waals surface area contributed by atoms with Crippen LogP contribution in [0.15, 0.2) is 36.4 Å². The standard InChI is InChI=1S/C13H8ClFO3/c14-9-2-1-3-10(15)12(9)7-4-5-11(16)8(6-7)13(17)18/h1-6,16H,(H,17,18). The first-order chi connectivity index (χ1) is 8.50. The monoisotopic (exact) mass is 266 g/mol. The lowest BCUT2D eigenvalue weighted by atomic mass is 10.0. The van der Waals surface area contributed by atoms with Gasteiger partial charge in [0.25, 0.3) is 0 Å². The number of benzene rings is 2. The molecule has 0 aliphatic carbocycles. The first kappa shape index (κ1) is 12.4. The number of halogens is 2. The van der Waals surface area contributed by atoms with E-state index < -0.39 is 11.8 Å². The summed E-state index contributed by atoms with van der Waals surface area (Å²) in [7, 11) is 0. The van der Waals surface area contributed by atoms with Crippen molar-refractivity contribution in [2.24, 2.45) is 0 Å². The highest BCUT2D eigenvalue weighted by Crippen LogP contribution is 2.33. The van der Waals surface area contributed by atoms with Crippen molar-refractivity contribution < 1.29 is 19.4 Å². The Morgan fingerprint density at radius 3 is 2.56 bits per heavy atom. The SMILES string of the molecule is O=C(O)c1cc(-c2c(F)cccc2Cl)ccc1O. The molecule has 2 rings (SSSR count). The van der Waals surface area contributed by atoms with Crippen LogP contribution in [-0.2, 0) is 0 Å². The van der Waals surface area contributed by atoms with E-state index in [0.717, 1.165) is 0 Å². The lowest BCUT2D eigenvalue weighted by Crippen LogP contribution is -1.97. The van der Waals surface area contributed by atoms with Crippen LogP contribution < -0.4 is 0 Å². The highest BCUT2D eigenvalue weighted by molar-refractivity contribution is 6.33. The maximum Gasteiger partial charge on any atom is 0.339 e. The Hall–Kier alpha value is -2.07. The third kappa shape index (κ3) is 2.15. The number of phenols is 1. The van der Waals surface area contributed by atoms with Crippen LogP contribution in [0.1, 0.15) is 10.4 Å². The molecule has 0 aliphatic heterocycles. The van der Waals surface area contributed by atoms with Gasteiger partial charge in [-0.2, -0.15) is 0 Å². The molecule has 2 N–H and O–H groups in total. The van der Waals surface area contributed by atoms with E-state index in [1.54, 1.807) is 0 Å². The van der Waals surface area contributed by atoms with E-state index in [1.165, 1.54) is 36.4 Å². The average Bonchev–Trinajstić information content (AvgIpc) is 2.30. The van der Waals surface area contributed by atoms with Crippen molar-refractivity contribution in [3.05, 3.63) is 52.8 Å². The summed E-state index contributed by atoms with van der Waals surface area (Å²) in [5.74, 6) is -2.22. The molecular weight excluding hydrogens is 259 g/mol. The van der Waals surface area contributed by atoms with Gasteiger partial charge in [-0.1, -0.05) is 23.7 Å². The molecule has 2 aromatic carbocycles. The molecular formula is C13H8ClFO3. The van der Waals surface area contributed by atoms with E-state index in [9.17, 15) is 14.3 Å². The molecule has 2 aromatic rings. The van der Waals surface area contributed by atoms with Crippen LogP contribution in [0.2, 0.25) is 5.02 Å². The Morgan fingerprint density at radius 1 is 1.22 bits per heavy atom. The summed E-state index contributed by atoms with van der Waals surface area (Å²) in [5.41, 5.74) is 0.113. The van der Waals surface area contributed by atoms with E-state index in [1.807, 2.05) is 0 Å². The normalized spacial score (nSPS) is 10.3. The first-order valence-corrected chi connectivity index (χ1v) is 5.39. The molecule has 92 valence electrons. The van der Waals surface area contributed by atoms with Crippen molar-refractivity contribution >= 4 is 17.6 Å². The fraction of sp³-hybridized carbons (Fsp3) is 0. The molecule has 0 fully saturated rings. The van der Waals surface area contributed by atoms with Crippen molar-refractivity contribution in [2.75, 3.05) is 0 Å². The second kappa shape index (κ2) is 4.66. The molecule has 0 aromatic heterocycles. The van der Waals surface area contributed by atoms with E-state index in [0.29, 0.717) is 5.56 Å². The van der Waals surface area contributed by atoms with E-state index in [2.05, 4.69) is 0 Å². The fourth-order valence-electron chi connectivity index (χ4n) is 1.64. The molecule has 3 nitrogen and oxygen atoms in total. The number of aromatic carboxylic acids is 1. The number of carbonyl (C=O) groups is 1. The molecule has 0 aliphatic rings. The maximum atomic E-state index is 13.7. The summed E-state index contributed by atoms with van der Waals surface area (Å²) in [4.78, 5) is 10.9. The number of aromatic hydroxyl groups is 1. The highest BCUT2D eigenvalue weighted by atomic mass is 35.5. The third-order valence-corrected chi connectivity index (χ3v) is 2.79. The van der Waals surface area contributed by atoms with Gasteiger partial charge in [0.1, 0.15) is 17.1 Å². The number of carboxylic acids is 1. The smallest absolute Gasteiger partial charge is 0.339 e. The summed E-state index contributed by atoms with van der Waals surface area (Å²) in [6, 6.07) is 7.98. The van der Waals surface area contributed by atoms with Gasteiger partial charge < -0.3 is 10.2 Å². The lowest BCUT2D eigenvalue weighted by Gasteiger charge is -2.08. The van der Waals surface area contributed by atoms with Crippen LogP contribution in [0, 0.1) is 5.82 Å². The van der Waals surface area contributed by atoms with Crippen LogP contribution in [0.5, 0.6) is 5.75 Å². The Morgan fingerprint density at radius 2 is 1.94 bits per heavy atom. The Kier molecular flexibility index (Phi) is 3.21. The van der Waals surface area contributed by atoms with Gasteiger partial charge in [-0.3, -0.25) is 0 Å². The molecule has 0 saturated heterocycles. The van der Waals surface area contributed by atoms with Crippen LogP contribution in [0.3, 0.4) is 0 Å². The van der Waals surface area contributed by atoms with Gasteiger partial charge in [-0.25, -0.2) is 9.18 Å². The summed E-state index contributed by atoms with van der Waals surface area (Å²) in [6.07, 6.45) is 0. The van der Waals surface area contributed by atoms with Gasteiger partial charge in [0.05, 0.1) is 5.02 Å². The van der Waals surface area contributed by atoms with Crippen LogP contribution >= 0.6 is 11.6 Å². The van der Waals surface area contributed by atoms with Gasteiger partial charge in [-0.05, 0) is 29.8 Å². The van der Waals surface area contributed by atoms with Gasteiger partial charge in [0, 0.05) is 5.56 Å². The van der Waals surface area contributed by atoms with Crippen molar-refractivity contribution in [3.63, 3.8) is 0 Å². The van der Waals surface area contributed by atoms with Crippen LogP contribution in [-0.4, -0.2) is 16.2 Å². The van der Waals surface area contributed by atoms with Crippen molar-refractivity contribution in [1.82, 2.24) is 0 Å². The van der Waals surface area contributed by atoms with Crippen molar-refractivity contribution in [2.45, 2.75) is 0 Å². The Labute approximate surface area is 107 Å². The highest BCUT2D eigenvalue weighted by Gasteiger charge is 2.14. The molecule has 0 saturated carbocycles. The van der Waals surface area contributed by atoms with Gasteiger partial charge in [-0.15, -0.1) is 0 Å². The van der Waals surface area contributed by atoms with E-state index in [-0.39, 0.29) is 21.9 Å². The average molecular weight is 267 g/mol. The molecule has 0 unspecified atom stereocenters.